The number of nitro benzene ring substituents is 1. The van der Waals surface area contributed by atoms with Gasteiger partial charge in [0.2, 0.25) is 11.6 Å². The first-order chi connectivity index (χ1) is 12.2. The number of nitro groups is 1. The van der Waals surface area contributed by atoms with Crippen LogP contribution in [0, 0.1) is 27.6 Å². The zero-order chi connectivity index (χ0) is 19.6. The molecule has 2 rings (SSSR count). The predicted octanol–water partition coefficient (Wildman–Crippen LogP) is 1.41. The van der Waals surface area contributed by atoms with Crippen molar-refractivity contribution in [1.29, 1.82) is 0 Å². The Balaban J connectivity index is 2.79. The molecule has 0 N–H and O–H groups in total. The highest BCUT2D eigenvalue weighted by molar-refractivity contribution is 6.03. The van der Waals surface area contributed by atoms with Crippen molar-refractivity contribution >= 4 is 23.3 Å². The van der Waals surface area contributed by atoms with Gasteiger partial charge < -0.3 is 19.1 Å². The van der Waals surface area contributed by atoms with Gasteiger partial charge in [0.15, 0.2) is 5.82 Å². The maximum Gasteiger partial charge on any atom is 0.355 e. The molecule has 1 aliphatic rings. The van der Waals surface area contributed by atoms with Gasteiger partial charge in [0.1, 0.15) is 18.1 Å². The molecule has 0 aliphatic carbocycles. The van der Waals surface area contributed by atoms with Crippen LogP contribution in [0.3, 0.4) is 0 Å². The third-order valence-electron chi connectivity index (χ3n) is 3.42. The van der Waals surface area contributed by atoms with Gasteiger partial charge in [0.05, 0.1) is 31.3 Å². The van der Waals surface area contributed by atoms with E-state index in [9.17, 15) is 32.9 Å². The molecular formula is C14H11F3N2O7. The summed E-state index contributed by atoms with van der Waals surface area (Å²) in [5.41, 5.74) is -3.27. The SMILES string of the molecule is COC(=O)C1=C(C(=O)OC)N(c2cc(F)c(F)c(F)c2[N+](=O)[O-])COC1. The molecule has 1 aromatic rings. The van der Waals surface area contributed by atoms with Crippen molar-refractivity contribution in [2.24, 2.45) is 0 Å². The van der Waals surface area contributed by atoms with Crippen LogP contribution in [0.1, 0.15) is 0 Å². The molecule has 1 aromatic carbocycles. The van der Waals surface area contributed by atoms with E-state index < -0.39 is 70.3 Å². The molecule has 0 aromatic heterocycles. The molecule has 0 atom stereocenters. The monoisotopic (exact) mass is 376 g/mol. The summed E-state index contributed by atoms with van der Waals surface area (Å²) in [5, 5.41) is 11.2. The lowest BCUT2D eigenvalue weighted by Gasteiger charge is -2.30. The Morgan fingerprint density at radius 1 is 1.19 bits per heavy atom. The number of methoxy groups -OCH3 is 2. The van der Waals surface area contributed by atoms with E-state index in [0.717, 1.165) is 14.2 Å². The number of hydrogen-bond donors (Lipinski definition) is 0. The van der Waals surface area contributed by atoms with Crippen molar-refractivity contribution in [3.8, 4) is 0 Å². The van der Waals surface area contributed by atoms with Crippen molar-refractivity contribution in [3.63, 3.8) is 0 Å². The molecule has 0 saturated heterocycles. The number of ether oxygens (including phenoxy) is 3. The second-order valence-corrected chi connectivity index (χ2v) is 4.83. The first-order valence-corrected chi connectivity index (χ1v) is 6.81. The molecule has 26 heavy (non-hydrogen) atoms. The van der Waals surface area contributed by atoms with Gasteiger partial charge in [-0.2, -0.15) is 4.39 Å². The zero-order valence-corrected chi connectivity index (χ0v) is 13.4. The lowest BCUT2D eigenvalue weighted by molar-refractivity contribution is -0.387. The average molecular weight is 376 g/mol. The third kappa shape index (κ3) is 3.18. The van der Waals surface area contributed by atoms with Crippen LogP contribution in [0.5, 0.6) is 0 Å². The second kappa shape index (κ2) is 7.39. The summed E-state index contributed by atoms with van der Waals surface area (Å²) in [5.74, 6) is -8.04. The van der Waals surface area contributed by atoms with E-state index in [4.69, 9.17) is 4.74 Å². The van der Waals surface area contributed by atoms with Crippen LogP contribution in [-0.2, 0) is 23.8 Å². The minimum absolute atomic E-state index is 0.309. The van der Waals surface area contributed by atoms with Crippen LogP contribution in [0.25, 0.3) is 0 Å². The number of anilines is 1. The molecule has 1 heterocycles. The summed E-state index contributed by atoms with van der Waals surface area (Å²) in [4.78, 5) is 34.4. The average Bonchev–Trinajstić information content (AvgIpc) is 2.63. The largest absolute Gasteiger partial charge is 0.466 e. The topological polar surface area (TPSA) is 108 Å². The van der Waals surface area contributed by atoms with Crippen LogP contribution < -0.4 is 4.90 Å². The smallest absolute Gasteiger partial charge is 0.355 e. The summed E-state index contributed by atoms with van der Waals surface area (Å²) in [6.45, 7) is -1.02. The van der Waals surface area contributed by atoms with Gasteiger partial charge in [0.25, 0.3) is 0 Å². The fourth-order valence-electron chi connectivity index (χ4n) is 2.29. The molecule has 0 saturated carbocycles. The van der Waals surface area contributed by atoms with E-state index in [2.05, 4.69) is 9.47 Å². The van der Waals surface area contributed by atoms with Gasteiger partial charge in [-0.1, -0.05) is 0 Å². The van der Waals surface area contributed by atoms with E-state index in [-0.39, 0.29) is 0 Å². The highest BCUT2D eigenvalue weighted by Crippen LogP contribution is 2.37. The number of rotatable bonds is 4. The van der Waals surface area contributed by atoms with Crippen LogP contribution in [0.4, 0.5) is 24.5 Å². The maximum absolute atomic E-state index is 13.9. The van der Waals surface area contributed by atoms with Crippen molar-refractivity contribution in [1.82, 2.24) is 0 Å². The summed E-state index contributed by atoms with van der Waals surface area (Å²) >= 11 is 0. The molecule has 0 fully saturated rings. The van der Waals surface area contributed by atoms with E-state index in [1.165, 1.54) is 0 Å². The second-order valence-electron chi connectivity index (χ2n) is 4.83. The number of esters is 2. The third-order valence-corrected chi connectivity index (χ3v) is 3.42. The van der Waals surface area contributed by atoms with Gasteiger partial charge >= 0.3 is 17.6 Å². The Kier molecular flexibility index (Phi) is 5.45. The van der Waals surface area contributed by atoms with Gasteiger partial charge in [-0.3, -0.25) is 10.1 Å². The fraction of sp³-hybridized carbons (Fsp3) is 0.286. The summed E-state index contributed by atoms with van der Waals surface area (Å²) in [6, 6.07) is 0.309. The van der Waals surface area contributed by atoms with Gasteiger partial charge in [-0.05, 0) is 0 Å². The van der Waals surface area contributed by atoms with E-state index in [1.54, 1.807) is 0 Å². The van der Waals surface area contributed by atoms with Gasteiger partial charge in [-0.15, -0.1) is 0 Å². The minimum atomic E-state index is -2.07. The predicted molar refractivity (Wildman–Crippen MR) is 77.3 cm³/mol. The van der Waals surface area contributed by atoms with E-state index in [0.29, 0.717) is 11.0 Å². The van der Waals surface area contributed by atoms with E-state index in [1.807, 2.05) is 0 Å². The molecule has 9 nitrogen and oxygen atoms in total. The Labute approximate surface area is 143 Å². The van der Waals surface area contributed by atoms with Crippen molar-refractivity contribution in [2.45, 2.75) is 0 Å². The van der Waals surface area contributed by atoms with Crippen LogP contribution in [0.2, 0.25) is 0 Å². The number of hydrogen-bond acceptors (Lipinski definition) is 8. The fourth-order valence-corrected chi connectivity index (χ4v) is 2.29. The van der Waals surface area contributed by atoms with Gasteiger partial charge in [-0.25, -0.2) is 18.4 Å². The number of carbonyl (C=O) groups is 2. The van der Waals surface area contributed by atoms with Crippen LogP contribution in [0.15, 0.2) is 17.3 Å². The molecule has 12 heteroatoms. The first kappa shape index (κ1) is 19.2. The first-order valence-electron chi connectivity index (χ1n) is 6.81. The summed E-state index contributed by atoms with van der Waals surface area (Å²) in [6.07, 6.45) is 0. The van der Waals surface area contributed by atoms with Crippen molar-refractivity contribution < 1.29 is 41.9 Å². The molecule has 1 aliphatic heterocycles. The Bertz CT molecular complexity index is 825. The van der Waals surface area contributed by atoms with Crippen LogP contribution in [-0.4, -0.2) is 44.4 Å². The Morgan fingerprint density at radius 3 is 2.35 bits per heavy atom. The lowest BCUT2D eigenvalue weighted by atomic mass is 10.1. The van der Waals surface area contributed by atoms with E-state index >= 15 is 0 Å². The zero-order valence-electron chi connectivity index (χ0n) is 13.4. The lowest BCUT2D eigenvalue weighted by Crippen LogP contribution is -2.39. The molecule has 0 spiro atoms. The highest BCUT2D eigenvalue weighted by Gasteiger charge is 2.38. The van der Waals surface area contributed by atoms with Crippen molar-refractivity contribution in [3.05, 3.63) is 44.9 Å². The summed E-state index contributed by atoms with van der Waals surface area (Å²) in [7, 11) is 1.96. The molecule has 0 unspecified atom stereocenters. The molecule has 0 amide bonds. The molecule has 140 valence electrons. The minimum Gasteiger partial charge on any atom is -0.466 e. The summed E-state index contributed by atoms with van der Waals surface area (Å²) < 4.78 is 55.0. The molecule has 0 bridgehead atoms. The maximum atomic E-state index is 13.9. The number of nitrogens with zero attached hydrogens (tertiary/aromatic N) is 2. The molecule has 0 radical (unpaired) electrons. The molecular weight excluding hydrogens is 365 g/mol. The van der Waals surface area contributed by atoms with Crippen LogP contribution >= 0.6 is 0 Å². The quantitative estimate of drug-likeness (QED) is 0.336. The van der Waals surface area contributed by atoms with Crippen molar-refractivity contribution in [2.75, 3.05) is 32.5 Å². The number of halogens is 3. The normalized spacial score (nSPS) is 14.3. The Morgan fingerprint density at radius 2 is 1.81 bits per heavy atom. The standard InChI is InChI=1S/C14H11F3N2O7/c1-24-13(20)6-4-26-5-18(11(6)14(21)25-2)8-3-7(15)9(16)10(17)12(8)19(22)23/h3H,4-5H2,1-2H3. The number of carbonyl (C=O) groups excluding carboxylic acids is 2. The number of benzene rings is 1. The Hall–Kier alpha value is -3.15. The highest BCUT2D eigenvalue weighted by atomic mass is 19.2. The van der Waals surface area contributed by atoms with Gasteiger partial charge in [0, 0.05) is 6.07 Å².